The highest BCUT2D eigenvalue weighted by atomic mass is 16.2. The summed E-state index contributed by atoms with van der Waals surface area (Å²) >= 11 is 0. The van der Waals surface area contributed by atoms with E-state index in [2.05, 4.69) is 35.4 Å². The fraction of sp³-hybridized carbons (Fsp3) is 0.214. The predicted molar refractivity (Wildman–Crippen MR) is 134 cm³/mol. The van der Waals surface area contributed by atoms with Crippen LogP contribution in [-0.4, -0.2) is 35.0 Å². The van der Waals surface area contributed by atoms with Gasteiger partial charge in [-0.05, 0) is 73.2 Å². The topological polar surface area (TPSA) is 81.9 Å². The summed E-state index contributed by atoms with van der Waals surface area (Å²) in [6.45, 7) is 3.70. The Morgan fingerprint density at radius 3 is 2.82 bits per heavy atom. The van der Waals surface area contributed by atoms with Crippen molar-refractivity contribution in [3.63, 3.8) is 0 Å². The van der Waals surface area contributed by atoms with E-state index < -0.39 is 0 Å². The zero-order valence-corrected chi connectivity index (χ0v) is 19.0. The summed E-state index contributed by atoms with van der Waals surface area (Å²) in [5, 5.41) is 15.0. The van der Waals surface area contributed by atoms with Gasteiger partial charge in [-0.15, -0.1) is 0 Å². The normalized spacial score (nSPS) is 15.6. The molecule has 1 amide bonds. The molecule has 0 radical (unpaired) electrons. The SMILES string of the molecule is Cc1cccc2ccnc(N(C(=O)c3ccc(C#N)cc3-c3cccnc3)[C@@H]3CCCNC3)c12. The van der Waals surface area contributed by atoms with E-state index in [0.717, 1.165) is 41.3 Å². The van der Waals surface area contributed by atoms with Crippen LogP contribution in [0, 0.1) is 18.3 Å². The Bertz CT molecular complexity index is 1380. The first-order chi connectivity index (χ1) is 16.7. The van der Waals surface area contributed by atoms with Gasteiger partial charge in [-0.2, -0.15) is 5.26 Å². The molecule has 34 heavy (non-hydrogen) atoms. The number of aryl methyl sites for hydroxylation is 1. The molecule has 168 valence electrons. The molecule has 0 saturated carbocycles. The third-order valence-corrected chi connectivity index (χ3v) is 6.41. The Morgan fingerprint density at radius 2 is 2.06 bits per heavy atom. The van der Waals surface area contributed by atoms with Crippen molar-refractivity contribution < 1.29 is 4.79 Å². The number of pyridine rings is 2. The summed E-state index contributed by atoms with van der Waals surface area (Å²) in [6.07, 6.45) is 7.07. The Labute approximate surface area is 198 Å². The van der Waals surface area contributed by atoms with Gasteiger partial charge in [0.2, 0.25) is 0 Å². The lowest BCUT2D eigenvalue weighted by atomic mass is 9.96. The molecule has 1 N–H and O–H groups in total. The Hall–Kier alpha value is -4.08. The molecule has 1 atom stereocenters. The summed E-state index contributed by atoms with van der Waals surface area (Å²) in [7, 11) is 0. The number of anilines is 1. The number of benzene rings is 2. The molecular weight excluding hydrogens is 422 g/mol. The van der Waals surface area contributed by atoms with E-state index in [0.29, 0.717) is 29.1 Å². The van der Waals surface area contributed by atoms with Crippen LogP contribution in [0.4, 0.5) is 5.82 Å². The maximum atomic E-state index is 14.3. The molecule has 5 rings (SSSR count). The van der Waals surface area contributed by atoms with Crippen LogP contribution in [0.2, 0.25) is 0 Å². The lowest BCUT2D eigenvalue weighted by Gasteiger charge is -2.35. The van der Waals surface area contributed by atoms with Crippen LogP contribution in [0.25, 0.3) is 21.9 Å². The molecule has 0 unspecified atom stereocenters. The van der Waals surface area contributed by atoms with Gasteiger partial charge in [0.25, 0.3) is 5.91 Å². The fourth-order valence-corrected chi connectivity index (χ4v) is 4.75. The Morgan fingerprint density at radius 1 is 1.15 bits per heavy atom. The number of carbonyl (C=O) groups is 1. The number of aromatic nitrogens is 2. The molecule has 0 spiro atoms. The first kappa shape index (κ1) is 21.7. The number of piperidine rings is 1. The highest BCUT2D eigenvalue weighted by molar-refractivity contribution is 6.13. The lowest BCUT2D eigenvalue weighted by molar-refractivity contribution is 0.0972. The minimum atomic E-state index is -0.125. The van der Waals surface area contributed by atoms with Crippen LogP contribution in [0.1, 0.15) is 34.3 Å². The van der Waals surface area contributed by atoms with Gasteiger partial charge in [-0.1, -0.05) is 24.3 Å². The number of hydrogen-bond acceptors (Lipinski definition) is 5. The van der Waals surface area contributed by atoms with Crippen molar-refractivity contribution >= 4 is 22.5 Å². The lowest BCUT2D eigenvalue weighted by Crippen LogP contribution is -2.49. The molecule has 1 saturated heterocycles. The largest absolute Gasteiger partial charge is 0.315 e. The molecule has 2 aromatic carbocycles. The van der Waals surface area contributed by atoms with Gasteiger partial charge < -0.3 is 5.32 Å². The second kappa shape index (κ2) is 9.42. The van der Waals surface area contributed by atoms with E-state index in [1.54, 1.807) is 36.8 Å². The molecule has 0 bridgehead atoms. The van der Waals surface area contributed by atoms with Crippen LogP contribution < -0.4 is 10.2 Å². The third kappa shape index (κ3) is 4.02. The zero-order chi connectivity index (χ0) is 23.5. The van der Waals surface area contributed by atoms with E-state index in [4.69, 9.17) is 4.98 Å². The van der Waals surface area contributed by atoms with Crippen molar-refractivity contribution in [3.8, 4) is 17.2 Å². The predicted octanol–water partition coefficient (Wildman–Crippen LogP) is 4.88. The first-order valence-electron chi connectivity index (χ1n) is 11.5. The van der Waals surface area contributed by atoms with Crippen LogP contribution in [0.5, 0.6) is 0 Å². The standard InChI is InChI=1S/C28H25N5O/c1-19-5-2-6-21-11-14-32-27(26(19)21)33(23-8-4-13-31-18-23)28(34)24-10-9-20(16-29)15-25(24)22-7-3-12-30-17-22/h2-3,5-7,9-12,14-15,17,23,31H,4,8,13,18H2,1H3/t23-/m1/s1. The number of carbonyl (C=O) groups excluding carboxylic acids is 1. The number of amides is 1. The molecule has 6 heteroatoms. The minimum Gasteiger partial charge on any atom is -0.315 e. The van der Waals surface area contributed by atoms with Crippen molar-refractivity contribution in [2.75, 3.05) is 18.0 Å². The number of hydrogen-bond donors (Lipinski definition) is 1. The number of nitrogens with one attached hydrogen (secondary N) is 1. The second-order valence-corrected chi connectivity index (χ2v) is 8.60. The van der Waals surface area contributed by atoms with Gasteiger partial charge in [0.1, 0.15) is 5.82 Å². The minimum absolute atomic E-state index is 0.0312. The highest BCUT2D eigenvalue weighted by Gasteiger charge is 2.31. The second-order valence-electron chi connectivity index (χ2n) is 8.60. The van der Waals surface area contributed by atoms with Gasteiger partial charge in [0.05, 0.1) is 17.7 Å². The summed E-state index contributed by atoms with van der Waals surface area (Å²) in [6, 6.07) is 19.2. The first-order valence-corrected chi connectivity index (χ1v) is 11.5. The summed E-state index contributed by atoms with van der Waals surface area (Å²) < 4.78 is 0. The van der Waals surface area contributed by atoms with Crippen LogP contribution in [0.15, 0.2) is 73.2 Å². The van der Waals surface area contributed by atoms with Crippen LogP contribution >= 0.6 is 0 Å². The van der Waals surface area contributed by atoms with Crippen molar-refractivity contribution in [3.05, 3.63) is 89.9 Å². The molecule has 4 aromatic rings. The molecule has 3 heterocycles. The quantitative estimate of drug-likeness (QED) is 0.482. The molecule has 2 aromatic heterocycles. The van der Waals surface area contributed by atoms with Gasteiger partial charge in [-0.25, -0.2) is 4.98 Å². The molecule has 0 aliphatic carbocycles. The average molecular weight is 448 g/mol. The average Bonchev–Trinajstić information content (AvgIpc) is 2.90. The van der Waals surface area contributed by atoms with Crippen LogP contribution in [-0.2, 0) is 0 Å². The number of nitriles is 1. The smallest absolute Gasteiger partial charge is 0.260 e. The van der Waals surface area contributed by atoms with Gasteiger partial charge in [0.15, 0.2) is 0 Å². The summed E-state index contributed by atoms with van der Waals surface area (Å²) in [4.78, 5) is 25.2. The Kier molecular flexibility index (Phi) is 6.03. The third-order valence-electron chi connectivity index (χ3n) is 6.41. The maximum absolute atomic E-state index is 14.3. The van der Waals surface area contributed by atoms with E-state index in [9.17, 15) is 10.1 Å². The van der Waals surface area contributed by atoms with Crippen LogP contribution in [0.3, 0.4) is 0 Å². The monoisotopic (exact) mass is 447 g/mol. The van der Waals surface area contributed by atoms with E-state index >= 15 is 0 Å². The zero-order valence-electron chi connectivity index (χ0n) is 19.0. The molecule has 1 aliphatic heterocycles. The van der Waals surface area contributed by atoms with E-state index in [1.165, 1.54) is 0 Å². The van der Waals surface area contributed by atoms with Gasteiger partial charge in [0, 0.05) is 41.6 Å². The molecule has 1 fully saturated rings. The number of rotatable bonds is 4. The summed E-state index contributed by atoms with van der Waals surface area (Å²) in [5.74, 6) is 0.552. The molecule has 6 nitrogen and oxygen atoms in total. The van der Waals surface area contributed by atoms with E-state index in [-0.39, 0.29) is 11.9 Å². The van der Waals surface area contributed by atoms with E-state index in [1.807, 2.05) is 29.2 Å². The van der Waals surface area contributed by atoms with Crippen molar-refractivity contribution in [2.24, 2.45) is 0 Å². The number of nitrogens with zero attached hydrogens (tertiary/aromatic N) is 4. The highest BCUT2D eigenvalue weighted by Crippen LogP contribution is 2.33. The van der Waals surface area contributed by atoms with Crippen molar-refractivity contribution in [2.45, 2.75) is 25.8 Å². The van der Waals surface area contributed by atoms with Crippen molar-refractivity contribution in [1.82, 2.24) is 15.3 Å². The van der Waals surface area contributed by atoms with Crippen molar-refractivity contribution in [1.29, 1.82) is 5.26 Å². The van der Waals surface area contributed by atoms with Gasteiger partial charge >= 0.3 is 0 Å². The van der Waals surface area contributed by atoms with Gasteiger partial charge in [-0.3, -0.25) is 14.7 Å². The molecular formula is C28H25N5O. The molecule has 1 aliphatic rings. The number of fused-ring (bicyclic) bond motifs is 1. The Balaban J connectivity index is 1.71. The maximum Gasteiger partial charge on any atom is 0.260 e. The summed E-state index contributed by atoms with van der Waals surface area (Å²) in [5.41, 5.74) is 3.61. The fourth-order valence-electron chi connectivity index (χ4n) is 4.75.